The van der Waals surface area contributed by atoms with Gasteiger partial charge < -0.3 is 5.32 Å². The molecule has 1 heterocycles. The summed E-state index contributed by atoms with van der Waals surface area (Å²) in [6.07, 6.45) is -0.232. The van der Waals surface area contributed by atoms with Crippen LogP contribution in [0.15, 0.2) is 72.8 Å². The summed E-state index contributed by atoms with van der Waals surface area (Å²) in [7, 11) is 0. The molecular weight excluding hydrogens is 308 g/mol. The number of anilines is 2. The molecule has 0 saturated carbocycles. The highest BCUT2D eigenvalue weighted by Gasteiger charge is 2.34. The number of aryl methyl sites for hydroxylation is 2. The number of carbonyl (C=O) groups excluding carboxylic acids is 1. The largest absolute Gasteiger partial charge is 0.360 e. The average Bonchev–Trinajstić information content (AvgIpc) is 2.63. The maximum absolute atomic E-state index is 13.3. The Balaban J connectivity index is 1.89. The molecule has 1 amide bonds. The van der Waals surface area contributed by atoms with E-state index in [1.807, 2.05) is 60.4 Å². The van der Waals surface area contributed by atoms with Crippen molar-refractivity contribution in [2.45, 2.75) is 20.0 Å². The van der Waals surface area contributed by atoms with Crippen LogP contribution in [-0.4, -0.2) is 5.91 Å². The van der Waals surface area contributed by atoms with E-state index in [2.05, 4.69) is 36.5 Å². The molecule has 25 heavy (non-hydrogen) atoms. The Bertz CT molecular complexity index is 931. The molecule has 0 saturated heterocycles. The van der Waals surface area contributed by atoms with Gasteiger partial charge in [-0.05, 0) is 43.2 Å². The minimum Gasteiger partial charge on any atom is -0.360 e. The highest BCUT2D eigenvalue weighted by molar-refractivity contribution is 6.12. The van der Waals surface area contributed by atoms with Crippen molar-refractivity contribution < 1.29 is 4.79 Å². The second-order valence-corrected chi connectivity index (χ2v) is 6.46. The van der Waals surface area contributed by atoms with Crippen molar-refractivity contribution in [1.29, 1.82) is 0 Å². The smallest absolute Gasteiger partial charge is 0.262 e. The molecule has 0 aliphatic carbocycles. The topological polar surface area (TPSA) is 32.3 Å². The molecule has 0 aromatic heterocycles. The number of nitrogens with zero attached hydrogens (tertiary/aromatic N) is 1. The van der Waals surface area contributed by atoms with Gasteiger partial charge in [0, 0.05) is 11.4 Å². The van der Waals surface area contributed by atoms with Crippen LogP contribution in [0.1, 0.15) is 33.2 Å². The van der Waals surface area contributed by atoms with Crippen molar-refractivity contribution in [2.24, 2.45) is 0 Å². The average molecular weight is 328 g/mol. The van der Waals surface area contributed by atoms with Gasteiger partial charge in [-0.25, -0.2) is 0 Å². The number of rotatable bonds is 2. The van der Waals surface area contributed by atoms with Gasteiger partial charge in [0.25, 0.3) is 5.91 Å². The van der Waals surface area contributed by atoms with Crippen molar-refractivity contribution >= 4 is 17.3 Å². The molecule has 0 spiro atoms. The van der Waals surface area contributed by atoms with Crippen LogP contribution >= 0.6 is 0 Å². The molecule has 3 heteroatoms. The first-order chi connectivity index (χ1) is 12.1. The predicted molar refractivity (Wildman–Crippen MR) is 102 cm³/mol. The molecule has 1 unspecified atom stereocenters. The van der Waals surface area contributed by atoms with Gasteiger partial charge >= 0.3 is 0 Å². The lowest BCUT2D eigenvalue weighted by molar-refractivity contribution is 0.0974. The molecule has 1 N–H and O–H groups in total. The van der Waals surface area contributed by atoms with Gasteiger partial charge in [-0.15, -0.1) is 0 Å². The van der Waals surface area contributed by atoms with Gasteiger partial charge in [-0.3, -0.25) is 9.69 Å². The van der Waals surface area contributed by atoms with E-state index in [9.17, 15) is 4.79 Å². The summed E-state index contributed by atoms with van der Waals surface area (Å²) in [6.45, 7) is 4.10. The summed E-state index contributed by atoms with van der Waals surface area (Å²) in [5.41, 5.74) is 5.86. The van der Waals surface area contributed by atoms with Gasteiger partial charge in [-0.1, -0.05) is 60.2 Å². The molecule has 0 fully saturated rings. The van der Waals surface area contributed by atoms with Gasteiger partial charge in [-0.2, -0.15) is 0 Å². The Morgan fingerprint density at radius 2 is 1.52 bits per heavy atom. The van der Waals surface area contributed by atoms with E-state index < -0.39 is 0 Å². The molecule has 4 rings (SSSR count). The van der Waals surface area contributed by atoms with Crippen LogP contribution < -0.4 is 10.2 Å². The van der Waals surface area contributed by atoms with Gasteiger partial charge in [0.1, 0.15) is 6.17 Å². The van der Waals surface area contributed by atoms with Crippen LogP contribution in [0.4, 0.5) is 11.4 Å². The Labute approximate surface area is 147 Å². The number of para-hydroxylation sites is 2. The first-order valence-electron chi connectivity index (χ1n) is 8.46. The summed E-state index contributed by atoms with van der Waals surface area (Å²) in [6, 6.07) is 24.0. The molecular formula is C22H20N2O. The van der Waals surface area contributed by atoms with Crippen molar-refractivity contribution in [3.05, 3.63) is 95.1 Å². The van der Waals surface area contributed by atoms with Crippen LogP contribution in [-0.2, 0) is 0 Å². The van der Waals surface area contributed by atoms with Crippen LogP contribution in [0.5, 0.6) is 0 Å². The zero-order valence-corrected chi connectivity index (χ0v) is 14.4. The summed E-state index contributed by atoms with van der Waals surface area (Å²) in [5.74, 6) is 0.0224. The zero-order valence-electron chi connectivity index (χ0n) is 14.4. The highest BCUT2D eigenvalue weighted by atomic mass is 16.2. The summed E-state index contributed by atoms with van der Waals surface area (Å²) < 4.78 is 0. The molecule has 1 aliphatic rings. The third-order valence-electron chi connectivity index (χ3n) is 4.69. The van der Waals surface area contributed by atoms with E-state index in [1.54, 1.807) is 0 Å². The number of hydrogen-bond acceptors (Lipinski definition) is 2. The second-order valence-electron chi connectivity index (χ2n) is 6.46. The lowest BCUT2D eigenvalue weighted by Gasteiger charge is -2.38. The number of hydrogen-bond donors (Lipinski definition) is 1. The number of carbonyl (C=O) groups is 1. The summed E-state index contributed by atoms with van der Waals surface area (Å²) >= 11 is 0. The molecule has 3 aromatic carbocycles. The first-order valence-corrected chi connectivity index (χ1v) is 8.46. The van der Waals surface area contributed by atoms with E-state index >= 15 is 0 Å². The van der Waals surface area contributed by atoms with Crippen molar-refractivity contribution in [3.8, 4) is 0 Å². The number of nitrogens with one attached hydrogen (secondary N) is 1. The quantitative estimate of drug-likeness (QED) is 0.712. The SMILES string of the molecule is Cc1ccc(C2Nc3ccccc3C(=O)N2c2ccccc2C)cc1. The molecule has 0 radical (unpaired) electrons. The molecule has 3 aromatic rings. The first kappa shape index (κ1) is 15.5. The number of amides is 1. The number of benzene rings is 3. The van der Waals surface area contributed by atoms with Crippen LogP contribution in [0.2, 0.25) is 0 Å². The van der Waals surface area contributed by atoms with Crippen molar-refractivity contribution in [3.63, 3.8) is 0 Å². The zero-order chi connectivity index (χ0) is 17.4. The van der Waals surface area contributed by atoms with Gasteiger partial charge in [0.15, 0.2) is 0 Å². The molecule has 124 valence electrons. The Morgan fingerprint density at radius 1 is 0.840 bits per heavy atom. The van der Waals surface area contributed by atoms with E-state index in [1.165, 1.54) is 5.56 Å². The lowest BCUT2D eigenvalue weighted by Crippen LogP contribution is -2.43. The molecule has 0 bridgehead atoms. The number of fused-ring (bicyclic) bond motifs is 1. The van der Waals surface area contributed by atoms with Crippen LogP contribution in [0.3, 0.4) is 0 Å². The fourth-order valence-corrected chi connectivity index (χ4v) is 3.32. The van der Waals surface area contributed by atoms with E-state index in [0.29, 0.717) is 5.56 Å². The minimum absolute atomic E-state index is 0.0224. The van der Waals surface area contributed by atoms with Crippen molar-refractivity contribution in [1.82, 2.24) is 0 Å². The fourth-order valence-electron chi connectivity index (χ4n) is 3.32. The van der Waals surface area contributed by atoms with E-state index in [0.717, 1.165) is 22.5 Å². The van der Waals surface area contributed by atoms with Crippen LogP contribution in [0, 0.1) is 13.8 Å². The van der Waals surface area contributed by atoms with E-state index in [-0.39, 0.29) is 12.1 Å². The molecule has 1 aliphatic heterocycles. The third-order valence-corrected chi connectivity index (χ3v) is 4.69. The maximum Gasteiger partial charge on any atom is 0.262 e. The minimum atomic E-state index is -0.232. The second kappa shape index (κ2) is 6.10. The van der Waals surface area contributed by atoms with Crippen molar-refractivity contribution in [2.75, 3.05) is 10.2 Å². The predicted octanol–water partition coefficient (Wildman–Crippen LogP) is 5.07. The Kier molecular flexibility index (Phi) is 3.77. The lowest BCUT2D eigenvalue weighted by atomic mass is 10.0. The molecule has 1 atom stereocenters. The highest BCUT2D eigenvalue weighted by Crippen LogP contribution is 2.37. The molecule has 3 nitrogen and oxygen atoms in total. The van der Waals surface area contributed by atoms with E-state index in [4.69, 9.17) is 0 Å². The fraction of sp³-hybridized carbons (Fsp3) is 0.136. The third kappa shape index (κ3) is 2.68. The van der Waals surface area contributed by atoms with Crippen LogP contribution in [0.25, 0.3) is 0 Å². The monoisotopic (exact) mass is 328 g/mol. The normalized spacial score (nSPS) is 16.3. The summed E-state index contributed by atoms with van der Waals surface area (Å²) in [5, 5.41) is 3.54. The summed E-state index contributed by atoms with van der Waals surface area (Å²) in [4.78, 5) is 15.2. The standard InChI is InChI=1S/C22H20N2O/c1-15-11-13-17(14-12-15)21-23-19-9-5-4-8-18(19)22(25)24(21)20-10-6-3-7-16(20)2/h3-14,21,23H,1-2H3. The van der Waals surface area contributed by atoms with Gasteiger partial charge in [0.2, 0.25) is 0 Å². The Hall–Kier alpha value is -3.07. The maximum atomic E-state index is 13.3. The van der Waals surface area contributed by atoms with Gasteiger partial charge in [0.05, 0.1) is 5.56 Å². The Morgan fingerprint density at radius 3 is 2.28 bits per heavy atom.